The highest BCUT2D eigenvalue weighted by Gasteiger charge is 2.18. The fourth-order valence-corrected chi connectivity index (χ4v) is 4.19. The van der Waals surface area contributed by atoms with E-state index in [-0.39, 0.29) is 5.91 Å². The minimum absolute atomic E-state index is 0.0182. The molecule has 3 rings (SSSR count). The van der Waals surface area contributed by atoms with Crippen LogP contribution < -0.4 is 4.80 Å². The molecular formula is C17H22N2O2S. The Hall–Kier alpha value is -1.46. The molecule has 0 radical (unpaired) electrons. The van der Waals surface area contributed by atoms with E-state index in [0.717, 1.165) is 21.6 Å². The van der Waals surface area contributed by atoms with Gasteiger partial charge >= 0.3 is 0 Å². The van der Waals surface area contributed by atoms with Crippen molar-refractivity contribution in [2.75, 3.05) is 13.7 Å². The third-order valence-corrected chi connectivity index (χ3v) is 5.32. The van der Waals surface area contributed by atoms with Gasteiger partial charge in [-0.25, -0.2) is 0 Å². The Morgan fingerprint density at radius 2 is 2.14 bits per heavy atom. The maximum atomic E-state index is 12.3. The van der Waals surface area contributed by atoms with Gasteiger partial charge in [0.2, 0.25) is 5.91 Å². The minimum Gasteiger partial charge on any atom is -0.383 e. The van der Waals surface area contributed by atoms with Crippen molar-refractivity contribution in [1.82, 2.24) is 4.57 Å². The quantitative estimate of drug-likeness (QED) is 0.848. The van der Waals surface area contributed by atoms with Gasteiger partial charge in [-0.1, -0.05) is 36.3 Å². The van der Waals surface area contributed by atoms with E-state index in [1.807, 2.05) is 12.1 Å². The number of hydrogen-bond acceptors (Lipinski definition) is 3. The fraction of sp³-hybridized carbons (Fsp3) is 0.529. The smallest absolute Gasteiger partial charge is 0.248 e. The van der Waals surface area contributed by atoms with Gasteiger partial charge in [0.25, 0.3) is 0 Å². The summed E-state index contributed by atoms with van der Waals surface area (Å²) in [6.07, 6.45) is 5.47. The first-order valence-corrected chi connectivity index (χ1v) is 8.74. The number of benzene rings is 1. The first kappa shape index (κ1) is 15.4. The molecule has 0 atom stereocenters. The van der Waals surface area contributed by atoms with E-state index in [4.69, 9.17) is 4.74 Å². The molecule has 1 aliphatic rings. The summed E-state index contributed by atoms with van der Waals surface area (Å²) in [5.41, 5.74) is 1.12. The Kier molecular flexibility index (Phi) is 5.05. The standard InChI is InChI=1S/C17H22N2O2S/c1-21-11-10-19-14-8-4-5-9-15(14)22-17(19)18-16(20)12-13-6-2-3-7-13/h4-5,8-9,13H,2-3,6-7,10-12H2,1H3/b18-17-. The van der Waals surface area contributed by atoms with Gasteiger partial charge in [-0.2, -0.15) is 4.99 Å². The largest absolute Gasteiger partial charge is 0.383 e. The summed E-state index contributed by atoms with van der Waals surface area (Å²) in [4.78, 5) is 17.5. The molecule has 0 aliphatic heterocycles. The Balaban J connectivity index is 1.90. The number of ether oxygens (including phenoxy) is 1. The molecule has 0 saturated heterocycles. The molecule has 5 heteroatoms. The highest BCUT2D eigenvalue weighted by Crippen LogP contribution is 2.27. The average Bonchev–Trinajstić information content (AvgIpc) is 3.12. The van der Waals surface area contributed by atoms with E-state index in [0.29, 0.717) is 18.9 Å². The summed E-state index contributed by atoms with van der Waals surface area (Å²) in [5.74, 6) is 0.558. The molecule has 1 amide bonds. The summed E-state index contributed by atoms with van der Waals surface area (Å²) in [6.45, 7) is 1.33. The molecular weight excluding hydrogens is 296 g/mol. The maximum Gasteiger partial charge on any atom is 0.248 e. The van der Waals surface area contributed by atoms with Crippen molar-refractivity contribution < 1.29 is 9.53 Å². The van der Waals surface area contributed by atoms with Gasteiger partial charge in [0, 0.05) is 20.1 Å². The zero-order valence-electron chi connectivity index (χ0n) is 13.0. The third kappa shape index (κ3) is 3.47. The lowest BCUT2D eigenvalue weighted by Gasteiger charge is -2.05. The number of hydrogen-bond donors (Lipinski definition) is 0. The van der Waals surface area contributed by atoms with E-state index in [1.165, 1.54) is 25.7 Å². The molecule has 1 heterocycles. The molecule has 1 fully saturated rings. The number of nitrogens with zero attached hydrogens (tertiary/aromatic N) is 2. The number of aromatic nitrogens is 1. The van der Waals surface area contributed by atoms with Gasteiger partial charge in [0.1, 0.15) is 0 Å². The van der Waals surface area contributed by atoms with E-state index in [1.54, 1.807) is 18.4 Å². The SMILES string of the molecule is COCCn1/c(=N/C(=O)CC2CCCC2)sc2ccccc21. The number of rotatable bonds is 5. The van der Waals surface area contributed by atoms with E-state index in [2.05, 4.69) is 21.7 Å². The lowest BCUT2D eigenvalue weighted by atomic mass is 10.0. The summed E-state index contributed by atoms with van der Waals surface area (Å²) in [7, 11) is 1.69. The van der Waals surface area contributed by atoms with E-state index in [9.17, 15) is 4.79 Å². The minimum atomic E-state index is 0.0182. The van der Waals surface area contributed by atoms with Crippen LogP contribution in [0.4, 0.5) is 0 Å². The summed E-state index contributed by atoms with van der Waals surface area (Å²) >= 11 is 1.58. The van der Waals surface area contributed by atoms with Crippen LogP contribution >= 0.6 is 11.3 Å². The highest BCUT2D eigenvalue weighted by molar-refractivity contribution is 7.16. The molecule has 2 aromatic rings. The van der Waals surface area contributed by atoms with Crippen molar-refractivity contribution in [3.8, 4) is 0 Å². The topological polar surface area (TPSA) is 43.6 Å². The molecule has 0 N–H and O–H groups in total. The number of amides is 1. The van der Waals surface area contributed by atoms with Crippen LogP contribution in [0.5, 0.6) is 0 Å². The molecule has 1 aromatic carbocycles. The number of para-hydroxylation sites is 1. The Bertz CT molecular complexity index is 711. The molecule has 0 unspecified atom stereocenters. The zero-order chi connectivity index (χ0) is 15.4. The Morgan fingerprint density at radius 3 is 2.91 bits per heavy atom. The van der Waals surface area contributed by atoms with E-state index < -0.39 is 0 Å². The predicted octanol–water partition coefficient (Wildman–Crippen LogP) is 3.36. The van der Waals surface area contributed by atoms with Crippen molar-refractivity contribution in [3.05, 3.63) is 29.1 Å². The summed E-state index contributed by atoms with van der Waals surface area (Å²) in [5, 5.41) is 0. The van der Waals surface area contributed by atoms with E-state index >= 15 is 0 Å². The number of thiazole rings is 1. The Labute approximate surface area is 134 Å². The van der Waals surface area contributed by atoms with Crippen LogP contribution in [-0.2, 0) is 16.1 Å². The average molecular weight is 318 g/mol. The van der Waals surface area contributed by atoms with Gasteiger partial charge in [-0.15, -0.1) is 0 Å². The molecule has 1 aliphatic carbocycles. The lowest BCUT2D eigenvalue weighted by Crippen LogP contribution is -2.19. The van der Waals surface area contributed by atoms with Gasteiger partial charge in [-0.3, -0.25) is 4.79 Å². The first-order valence-electron chi connectivity index (χ1n) is 7.93. The van der Waals surface area contributed by atoms with Crippen molar-refractivity contribution in [3.63, 3.8) is 0 Å². The van der Waals surface area contributed by atoms with Gasteiger partial charge in [-0.05, 0) is 30.9 Å². The molecule has 1 aromatic heterocycles. The molecule has 0 spiro atoms. The number of fused-ring (bicyclic) bond motifs is 1. The molecule has 0 bridgehead atoms. The van der Waals surface area contributed by atoms with Gasteiger partial charge in [0.05, 0.1) is 16.8 Å². The molecule has 118 valence electrons. The van der Waals surface area contributed by atoms with Crippen molar-refractivity contribution in [2.45, 2.75) is 38.6 Å². The van der Waals surface area contributed by atoms with Crippen LogP contribution in [-0.4, -0.2) is 24.2 Å². The van der Waals surface area contributed by atoms with Crippen LogP contribution in [0.25, 0.3) is 10.2 Å². The highest BCUT2D eigenvalue weighted by atomic mass is 32.1. The van der Waals surface area contributed by atoms with Crippen molar-refractivity contribution in [2.24, 2.45) is 10.9 Å². The summed E-state index contributed by atoms with van der Waals surface area (Å²) < 4.78 is 8.44. The molecule has 22 heavy (non-hydrogen) atoms. The van der Waals surface area contributed by atoms with Crippen molar-refractivity contribution in [1.29, 1.82) is 0 Å². The second kappa shape index (κ2) is 7.20. The van der Waals surface area contributed by atoms with Crippen LogP contribution in [0, 0.1) is 5.92 Å². The number of methoxy groups -OCH3 is 1. The lowest BCUT2D eigenvalue weighted by molar-refractivity contribution is -0.118. The first-order chi connectivity index (χ1) is 10.8. The van der Waals surface area contributed by atoms with Gasteiger partial charge < -0.3 is 9.30 Å². The van der Waals surface area contributed by atoms with Crippen LogP contribution in [0.3, 0.4) is 0 Å². The van der Waals surface area contributed by atoms with Crippen molar-refractivity contribution >= 4 is 27.5 Å². The predicted molar refractivity (Wildman–Crippen MR) is 88.8 cm³/mol. The van der Waals surface area contributed by atoms with Gasteiger partial charge in [0.15, 0.2) is 4.80 Å². The van der Waals surface area contributed by atoms with Crippen LogP contribution in [0.2, 0.25) is 0 Å². The van der Waals surface area contributed by atoms with Crippen LogP contribution in [0.15, 0.2) is 29.3 Å². The summed E-state index contributed by atoms with van der Waals surface area (Å²) in [6, 6.07) is 8.18. The Morgan fingerprint density at radius 1 is 1.36 bits per heavy atom. The zero-order valence-corrected chi connectivity index (χ0v) is 13.8. The fourth-order valence-electron chi connectivity index (χ4n) is 3.12. The van der Waals surface area contributed by atoms with Crippen LogP contribution in [0.1, 0.15) is 32.1 Å². The second-order valence-electron chi connectivity index (χ2n) is 5.86. The molecule has 1 saturated carbocycles. The molecule has 4 nitrogen and oxygen atoms in total. The second-order valence-corrected chi connectivity index (χ2v) is 6.87. The monoisotopic (exact) mass is 318 g/mol. The number of carbonyl (C=O) groups is 1. The number of carbonyl (C=O) groups excluding carboxylic acids is 1. The normalized spacial score (nSPS) is 16.7. The third-order valence-electron chi connectivity index (χ3n) is 4.27. The maximum absolute atomic E-state index is 12.3.